The van der Waals surface area contributed by atoms with E-state index in [1.807, 2.05) is 33.9 Å². The number of hydrogen-bond donors (Lipinski definition) is 2. The number of β-amino-alcohol motifs (C(OH)–C–C–N with tert-alkyl or cyclic N) is 1. The molecule has 2 N–H and O–H groups in total. The molecule has 0 bridgehead atoms. The number of hydrogen-bond acceptors (Lipinski definition) is 5. The molecule has 3 rings (SSSR count). The first-order valence-corrected chi connectivity index (χ1v) is 9.13. The van der Waals surface area contributed by atoms with Gasteiger partial charge in [-0.05, 0) is 18.6 Å². The Morgan fingerprint density at radius 3 is 2.92 bits per heavy atom. The van der Waals surface area contributed by atoms with E-state index in [1.54, 1.807) is 12.4 Å². The van der Waals surface area contributed by atoms with Crippen molar-refractivity contribution < 1.29 is 9.90 Å². The summed E-state index contributed by atoms with van der Waals surface area (Å²) in [5, 5.41) is 13.6. The molecule has 1 aliphatic heterocycles. The molecule has 140 valence electrons. The van der Waals surface area contributed by atoms with Gasteiger partial charge in [-0.2, -0.15) is 0 Å². The molecule has 2 aromatic heterocycles. The van der Waals surface area contributed by atoms with E-state index < -0.39 is 5.60 Å². The lowest BCUT2D eigenvalue weighted by Crippen LogP contribution is -2.45. The first-order valence-electron chi connectivity index (χ1n) is 9.13. The van der Waals surface area contributed by atoms with Crippen LogP contribution in [0.15, 0.2) is 36.8 Å². The lowest BCUT2D eigenvalue weighted by atomic mass is 10.0. The number of aryl methyl sites for hydroxylation is 1. The Balaban J connectivity index is 1.46. The fourth-order valence-electron chi connectivity index (χ4n) is 3.32. The van der Waals surface area contributed by atoms with Gasteiger partial charge in [0.1, 0.15) is 17.2 Å². The van der Waals surface area contributed by atoms with E-state index in [1.165, 1.54) is 0 Å². The monoisotopic (exact) mass is 357 g/mol. The zero-order valence-corrected chi connectivity index (χ0v) is 15.4. The number of imidazole rings is 1. The molecular formula is C19H27N5O2. The zero-order valence-electron chi connectivity index (χ0n) is 15.4. The number of amides is 1. The van der Waals surface area contributed by atoms with E-state index in [9.17, 15) is 9.90 Å². The molecule has 7 heteroatoms. The van der Waals surface area contributed by atoms with E-state index in [0.29, 0.717) is 31.8 Å². The largest absolute Gasteiger partial charge is 0.386 e. The minimum atomic E-state index is -0.911. The van der Waals surface area contributed by atoms with Gasteiger partial charge in [-0.25, -0.2) is 9.97 Å². The molecule has 0 radical (unpaired) electrons. The summed E-state index contributed by atoms with van der Waals surface area (Å²) in [6.45, 7) is 6.23. The minimum Gasteiger partial charge on any atom is -0.386 e. The van der Waals surface area contributed by atoms with Gasteiger partial charge in [-0.1, -0.05) is 19.9 Å². The molecule has 0 aliphatic carbocycles. The van der Waals surface area contributed by atoms with Gasteiger partial charge in [0, 0.05) is 57.1 Å². The van der Waals surface area contributed by atoms with Crippen molar-refractivity contribution in [3.05, 3.63) is 42.6 Å². The van der Waals surface area contributed by atoms with Crippen LogP contribution >= 0.6 is 0 Å². The smallest absolute Gasteiger partial charge is 0.221 e. The molecule has 2 aromatic rings. The maximum Gasteiger partial charge on any atom is 0.221 e. The third-order valence-electron chi connectivity index (χ3n) is 4.76. The van der Waals surface area contributed by atoms with Crippen molar-refractivity contribution in [1.29, 1.82) is 0 Å². The van der Waals surface area contributed by atoms with Crippen LogP contribution in [0.5, 0.6) is 0 Å². The standard InChI is InChI=1S/C19H27N5O2/c1-15(2)18-21-9-12-23(18)10-6-17(25)22-13-19(26)7-11-24(14-19)16-5-3-4-8-20-16/h3-5,8-9,12,15,26H,6-7,10-11,13-14H2,1-2H3,(H,22,25)/t19-/m1/s1. The third kappa shape index (κ3) is 4.40. The molecular weight excluding hydrogens is 330 g/mol. The van der Waals surface area contributed by atoms with E-state index in [4.69, 9.17) is 0 Å². The van der Waals surface area contributed by atoms with Crippen molar-refractivity contribution in [2.45, 2.75) is 44.8 Å². The fraction of sp³-hybridized carbons (Fsp3) is 0.526. The molecule has 0 aromatic carbocycles. The Kier molecular flexibility index (Phi) is 5.56. The average Bonchev–Trinajstić information content (AvgIpc) is 3.26. The molecule has 3 heterocycles. The van der Waals surface area contributed by atoms with Crippen LogP contribution in [0.1, 0.15) is 38.4 Å². The summed E-state index contributed by atoms with van der Waals surface area (Å²) in [6.07, 6.45) is 6.40. The number of rotatable bonds is 7. The number of anilines is 1. The highest BCUT2D eigenvalue weighted by Gasteiger charge is 2.36. The van der Waals surface area contributed by atoms with Crippen LogP contribution in [-0.4, -0.2) is 50.8 Å². The van der Waals surface area contributed by atoms with Crippen molar-refractivity contribution in [3.63, 3.8) is 0 Å². The third-order valence-corrected chi connectivity index (χ3v) is 4.76. The van der Waals surface area contributed by atoms with Crippen molar-refractivity contribution >= 4 is 11.7 Å². The lowest BCUT2D eigenvalue weighted by molar-refractivity contribution is -0.122. The number of pyridine rings is 1. The molecule has 26 heavy (non-hydrogen) atoms. The second kappa shape index (κ2) is 7.86. The Labute approximate surface area is 154 Å². The highest BCUT2D eigenvalue weighted by Crippen LogP contribution is 2.24. The van der Waals surface area contributed by atoms with Gasteiger partial charge in [0.25, 0.3) is 0 Å². The highest BCUT2D eigenvalue weighted by molar-refractivity contribution is 5.75. The summed E-state index contributed by atoms with van der Waals surface area (Å²) in [5.74, 6) is 2.11. The summed E-state index contributed by atoms with van der Waals surface area (Å²) in [5.41, 5.74) is -0.911. The molecule has 1 amide bonds. The van der Waals surface area contributed by atoms with Crippen LogP contribution in [0.25, 0.3) is 0 Å². The zero-order chi connectivity index (χ0) is 18.6. The summed E-state index contributed by atoms with van der Waals surface area (Å²) >= 11 is 0. The molecule has 1 atom stereocenters. The maximum atomic E-state index is 12.2. The van der Waals surface area contributed by atoms with E-state index in [0.717, 1.165) is 18.2 Å². The van der Waals surface area contributed by atoms with Gasteiger partial charge in [0.2, 0.25) is 5.91 Å². The summed E-state index contributed by atoms with van der Waals surface area (Å²) in [4.78, 5) is 22.9. The van der Waals surface area contributed by atoms with Crippen molar-refractivity contribution in [2.75, 3.05) is 24.5 Å². The van der Waals surface area contributed by atoms with Crippen molar-refractivity contribution in [3.8, 4) is 0 Å². The van der Waals surface area contributed by atoms with Gasteiger partial charge in [0.05, 0.1) is 0 Å². The first-order chi connectivity index (χ1) is 12.5. The normalized spacial score (nSPS) is 19.9. The van der Waals surface area contributed by atoms with E-state index in [-0.39, 0.29) is 12.5 Å². The number of nitrogens with zero attached hydrogens (tertiary/aromatic N) is 4. The SMILES string of the molecule is CC(C)c1nccn1CCC(=O)NC[C@]1(O)CCN(c2ccccn2)C1. The van der Waals surface area contributed by atoms with Crippen molar-refractivity contribution in [2.24, 2.45) is 0 Å². The first kappa shape index (κ1) is 18.4. The topological polar surface area (TPSA) is 83.3 Å². The molecule has 0 saturated carbocycles. The second-order valence-corrected chi connectivity index (χ2v) is 7.24. The highest BCUT2D eigenvalue weighted by atomic mass is 16.3. The van der Waals surface area contributed by atoms with E-state index in [2.05, 4.69) is 29.1 Å². The summed E-state index contributed by atoms with van der Waals surface area (Å²) in [7, 11) is 0. The summed E-state index contributed by atoms with van der Waals surface area (Å²) in [6, 6.07) is 5.74. The Morgan fingerprint density at radius 2 is 2.19 bits per heavy atom. The Hall–Kier alpha value is -2.41. The van der Waals surface area contributed by atoms with E-state index >= 15 is 0 Å². The average molecular weight is 357 g/mol. The molecule has 0 unspecified atom stereocenters. The van der Waals surface area contributed by atoms with Crippen LogP contribution in [-0.2, 0) is 11.3 Å². The van der Waals surface area contributed by atoms with Crippen molar-refractivity contribution in [1.82, 2.24) is 19.9 Å². The number of carbonyl (C=O) groups is 1. The predicted octanol–water partition coefficient (Wildman–Crippen LogP) is 1.55. The Morgan fingerprint density at radius 1 is 1.35 bits per heavy atom. The molecule has 1 fully saturated rings. The number of nitrogens with one attached hydrogen (secondary N) is 1. The van der Waals surface area contributed by atoms with Gasteiger partial charge in [-0.15, -0.1) is 0 Å². The van der Waals surface area contributed by atoms with Gasteiger partial charge < -0.3 is 19.9 Å². The number of carbonyl (C=O) groups excluding carboxylic acids is 1. The number of aromatic nitrogens is 3. The van der Waals surface area contributed by atoms with Gasteiger partial charge >= 0.3 is 0 Å². The molecule has 7 nitrogen and oxygen atoms in total. The second-order valence-electron chi connectivity index (χ2n) is 7.24. The van der Waals surface area contributed by atoms with Crippen LogP contribution in [0.2, 0.25) is 0 Å². The fourth-order valence-corrected chi connectivity index (χ4v) is 3.32. The molecule has 0 spiro atoms. The Bertz CT molecular complexity index is 731. The predicted molar refractivity (Wildman–Crippen MR) is 100.0 cm³/mol. The molecule has 1 aliphatic rings. The van der Waals surface area contributed by atoms with Crippen LogP contribution < -0.4 is 10.2 Å². The minimum absolute atomic E-state index is 0.0573. The lowest BCUT2D eigenvalue weighted by Gasteiger charge is -2.24. The van der Waals surface area contributed by atoms with Gasteiger partial charge in [-0.3, -0.25) is 4.79 Å². The number of aliphatic hydroxyl groups is 1. The van der Waals surface area contributed by atoms with Crippen LogP contribution in [0.3, 0.4) is 0 Å². The van der Waals surface area contributed by atoms with Crippen LogP contribution in [0, 0.1) is 0 Å². The molecule has 1 saturated heterocycles. The maximum absolute atomic E-state index is 12.2. The van der Waals surface area contributed by atoms with Crippen LogP contribution in [0.4, 0.5) is 5.82 Å². The van der Waals surface area contributed by atoms with Gasteiger partial charge in [0.15, 0.2) is 0 Å². The summed E-state index contributed by atoms with van der Waals surface area (Å²) < 4.78 is 2.01. The quantitative estimate of drug-likeness (QED) is 0.786.